The van der Waals surface area contributed by atoms with Crippen LogP contribution in [0.5, 0.6) is 0 Å². The number of hydrogen-bond donors (Lipinski definition) is 3. The van der Waals surface area contributed by atoms with E-state index in [0.29, 0.717) is 12.1 Å². The number of aliphatic carboxylic acids is 1. The van der Waals surface area contributed by atoms with Gasteiger partial charge in [-0.15, -0.1) is 6.58 Å². The van der Waals surface area contributed by atoms with Gasteiger partial charge in [0.15, 0.2) is 0 Å². The molecule has 124 valence electrons. The van der Waals surface area contributed by atoms with E-state index in [2.05, 4.69) is 17.2 Å². The van der Waals surface area contributed by atoms with E-state index in [1.165, 1.54) is 0 Å². The average molecular weight is 318 g/mol. The zero-order valence-corrected chi connectivity index (χ0v) is 13.4. The van der Waals surface area contributed by atoms with Gasteiger partial charge >= 0.3 is 5.97 Å². The van der Waals surface area contributed by atoms with E-state index in [-0.39, 0.29) is 24.2 Å². The van der Waals surface area contributed by atoms with Crippen LogP contribution < -0.4 is 10.6 Å². The Labute approximate surface area is 135 Å². The quantitative estimate of drug-likeness (QED) is 0.639. The first kappa shape index (κ1) is 18.4. The topological polar surface area (TPSA) is 95.5 Å². The molecule has 0 saturated heterocycles. The molecule has 0 fully saturated rings. The summed E-state index contributed by atoms with van der Waals surface area (Å²) in [6.45, 7) is 7.12. The molecule has 6 heteroatoms. The van der Waals surface area contributed by atoms with Crippen LogP contribution in [0.4, 0.5) is 5.69 Å². The minimum absolute atomic E-state index is 0.0834. The largest absolute Gasteiger partial charge is 0.480 e. The molecule has 0 aromatic heterocycles. The predicted octanol–water partition coefficient (Wildman–Crippen LogP) is 1.97. The standard InChI is InChI=1S/C17H22N2O4/c1-11(2)8-12(3)17(23)19-14-6-4-13(5-7-14)9-15(20)18-10-16(21)22/h4-7,12H,1,8-10H2,2-3H3,(H,18,20)(H,19,23)(H,21,22). The molecular weight excluding hydrogens is 296 g/mol. The Hall–Kier alpha value is -2.63. The van der Waals surface area contributed by atoms with E-state index in [9.17, 15) is 14.4 Å². The maximum Gasteiger partial charge on any atom is 0.322 e. The summed E-state index contributed by atoms with van der Waals surface area (Å²) in [7, 11) is 0. The highest BCUT2D eigenvalue weighted by molar-refractivity contribution is 5.92. The van der Waals surface area contributed by atoms with Crippen molar-refractivity contribution in [1.29, 1.82) is 0 Å². The van der Waals surface area contributed by atoms with Gasteiger partial charge in [0, 0.05) is 11.6 Å². The Morgan fingerprint density at radius 3 is 2.35 bits per heavy atom. The molecule has 1 unspecified atom stereocenters. The molecule has 1 aromatic carbocycles. The van der Waals surface area contributed by atoms with Crippen molar-refractivity contribution in [3.05, 3.63) is 42.0 Å². The Balaban J connectivity index is 2.53. The fraction of sp³-hybridized carbons (Fsp3) is 0.353. The van der Waals surface area contributed by atoms with Crippen LogP contribution >= 0.6 is 0 Å². The van der Waals surface area contributed by atoms with Gasteiger partial charge in [0.1, 0.15) is 6.54 Å². The lowest BCUT2D eigenvalue weighted by atomic mass is 10.0. The van der Waals surface area contributed by atoms with Crippen LogP contribution in [0, 0.1) is 5.92 Å². The number of hydrogen-bond acceptors (Lipinski definition) is 3. The van der Waals surface area contributed by atoms with Gasteiger partial charge in [0.2, 0.25) is 11.8 Å². The second kappa shape index (κ2) is 8.73. The van der Waals surface area contributed by atoms with Crippen LogP contribution in [0.1, 0.15) is 25.8 Å². The van der Waals surface area contributed by atoms with Gasteiger partial charge < -0.3 is 15.7 Å². The monoisotopic (exact) mass is 318 g/mol. The second-order valence-electron chi connectivity index (χ2n) is 5.60. The minimum atomic E-state index is -1.08. The number of nitrogens with one attached hydrogen (secondary N) is 2. The van der Waals surface area contributed by atoms with E-state index in [0.717, 1.165) is 11.1 Å². The third-order valence-corrected chi connectivity index (χ3v) is 3.13. The normalized spacial score (nSPS) is 11.4. The molecule has 6 nitrogen and oxygen atoms in total. The third kappa shape index (κ3) is 7.26. The Bertz CT molecular complexity index is 593. The molecule has 2 amide bonds. The fourth-order valence-electron chi connectivity index (χ4n) is 2.01. The number of carbonyl (C=O) groups is 3. The Kier molecular flexibility index (Phi) is 6.99. The molecule has 3 N–H and O–H groups in total. The van der Waals surface area contributed by atoms with Gasteiger partial charge in [0.05, 0.1) is 6.42 Å². The molecule has 0 spiro atoms. The summed E-state index contributed by atoms with van der Waals surface area (Å²) in [6.07, 6.45) is 0.723. The maximum atomic E-state index is 12.0. The van der Waals surface area contributed by atoms with E-state index < -0.39 is 12.5 Å². The van der Waals surface area contributed by atoms with Gasteiger partial charge in [0.25, 0.3) is 0 Å². The highest BCUT2D eigenvalue weighted by Crippen LogP contribution is 2.14. The van der Waals surface area contributed by atoms with Crippen molar-refractivity contribution in [3.8, 4) is 0 Å². The van der Waals surface area contributed by atoms with Crippen molar-refractivity contribution in [2.45, 2.75) is 26.7 Å². The first-order chi connectivity index (χ1) is 10.8. The molecule has 0 radical (unpaired) electrons. The Morgan fingerprint density at radius 1 is 1.22 bits per heavy atom. The summed E-state index contributed by atoms with van der Waals surface area (Å²) in [5.41, 5.74) is 2.34. The van der Waals surface area contributed by atoms with Crippen molar-refractivity contribution in [1.82, 2.24) is 5.32 Å². The van der Waals surface area contributed by atoms with E-state index in [1.54, 1.807) is 24.3 Å². The zero-order valence-electron chi connectivity index (χ0n) is 13.4. The van der Waals surface area contributed by atoms with Crippen LogP contribution in [0.2, 0.25) is 0 Å². The van der Waals surface area contributed by atoms with Gasteiger partial charge in [-0.3, -0.25) is 14.4 Å². The summed E-state index contributed by atoms with van der Waals surface area (Å²) in [5, 5.41) is 13.6. The molecule has 0 bridgehead atoms. The lowest BCUT2D eigenvalue weighted by Gasteiger charge is -2.12. The molecule has 1 atom stereocenters. The number of anilines is 1. The van der Waals surface area contributed by atoms with Gasteiger partial charge in [-0.2, -0.15) is 0 Å². The number of carboxylic acid groups (broad SMARTS) is 1. The number of carboxylic acids is 1. The van der Waals surface area contributed by atoms with Crippen LogP contribution in [-0.2, 0) is 20.8 Å². The predicted molar refractivity (Wildman–Crippen MR) is 88.0 cm³/mol. The summed E-state index contributed by atoms with van der Waals surface area (Å²) in [4.78, 5) is 33.9. The zero-order chi connectivity index (χ0) is 17.4. The molecule has 1 rings (SSSR count). The highest BCUT2D eigenvalue weighted by Gasteiger charge is 2.13. The molecule has 0 aliphatic carbocycles. The van der Waals surface area contributed by atoms with Crippen LogP contribution in [0.25, 0.3) is 0 Å². The molecule has 23 heavy (non-hydrogen) atoms. The number of rotatable bonds is 8. The molecule has 0 saturated carbocycles. The summed E-state index contributed by atoms with van der Waals surface area (Å²) >= 11 is 0. The number of amides is 2. The van der Waals surface area contributed by atoms with Gasteiger partial charge in [-0.1, -0.05) is 24.6 Å². The minimum Gasteiger partial charge on any atom is -0.480 e. The van der Waals surface area contributed by atoms with E-state index >= 15 is 0 Å². The van der Waals surface area contributed by atoms with Crippen molar-refractivity contribution in [2.24, 2.45) is 5.92 Å². The average Bonchev–Trinajstić information content (AvgIpc) is 2.46. The van der Waals surface area contributed by atoms with Crippen LogP contribution in [0.15, 0.2) is 36.4 Å². The van der Waals surface area contributed by atoms with Crippen molar-refractivity contribution in [2.75, 3.05) is 11.9 Å². The smallest absolute Gasteiger partial charge is 0.322 e. The number of carbonyl (C=O) groups excluding carboxylic acids is 2. The highest BCUT2D eigenvalue weighted by atomic mass is 16.4. The van der Waals surface area contributed by atoms with E-state index in [4.69, 9.17) is 5.11 Å². The molecular formula is C17H22N2O4. The van der Waals surface area contributed by atoms with E-state index in [1.807, 2.05) is 13.8 Å². The van der Waals surface area contributed by atoms with Crippen molar-refractivity contribution < 1.29 is 19.5 Å². The van der Waals surface area contributed by atoms with Gasteiger partial charge in [-0.25, -0.2) is 0 Å². The van der Waals surface area contributed by atoms with Crippen LogP contribution in [-0.4, -0.2) is 29.4 Å². The number of benzene rings is 1. The fourth-order valence-corrected chi connectivity index (χ4v) is 2.01. The summed E-state index contributed by atoms with van der Waals surface area (Å²) in [5.74, 6) is -1.69. The number of allylic oxidation sites excluding steroid dienone is 1. The van der Waals surface area contributed by atoms with Crippen LogP contribution in [0.3, 0.4) is 0 Å². The summed E-state index contributed by atoms with van der Waals surface area (Å²) in [6, 6.07) is 6.87. The molecule has 0 heterocycles. The molecule has 0 aliphatic heterocycles. The first-order valence-electron chi connectivity index (χ1n) is 7.30. The molecule has 0 aliphatic rings. The SMILES string of the molecule is C=C(C)CC(C)C(=O)Nc1ccc(CC(=O)NCC(=O)O)cc1. The molecule has 1 aromatic rings. The van der Waals surface area contributed by atoms with Crippen molar-refractivity contribution in [3.63, 3.8) is 0 Å². The summed E-state index contributed by atoms with van der Waals surface area (Å²) < 4.78 is 0. The second-order valence-corrected chi connectivity index (χ2v) is 5.60. The lowest BCUT2D eigenvalue weighted by Crippen LogP contribution is -2.30. The van der Waals surface area contributed by atoms with Crippen molar-refractivity contribution >= 4 is 23.5 Å². The Morgan fingerprint density at radius 2 is 1.83 bits per heavy atom. The maximum absolute atomic E-state index is 12.0. The lowest BCUT2D eigenvalue weighted by molar-refractivity contribution is -0.137. The third-order valence-electron chi connectivity index (χ3n) is 3.13. The first-order valence-corrected chi connectivity index (χ1v) is 7.30. The van der Waals surface area contributed by atoms with Gasteiger partial charge in [-0.05, 0) is 31.0 Å².